The maximum Gasteiger partial charge on any atom is 0.112 e. The topological polar surface area (TPSA) is 44.0 Å². The highest BCUT2D eigenvalue weighted by Crippen LogP contribution is 2.38. The van der Waals surface area contributed by atoms with Crippen LogP contribution in [0.2, 0.25) is 0 Å². The summed E-state index contributed by atoms with van der Waals surface area (Å²) in [7, 11) is 0. The zero-order valence-corrected chi connectivity index (χ0v) is 11.0. The smallest absolute Gasteiger partial charge is 0.112 e. The third kappa shape index (κ3) is 2.25. The molecule has 0 aliphatic carbocycles. The molecule has 0 aliphatic heterocycles. The molecule has 96 valence electrons. The molecule has 0 fully saturated rings. The fourth-order valence-electron chi connectivity index (χ4n) is 2.51. The van der Waals surface area contributed by atoms with Crippen LogP contribution in [0.5, 0.6) is 0 Å². The maximum absolute atomic E-state index is 9.82. The zero-order valence-electron chi connectivity index (χ0n) is 11.0. The summed E-state index contributed by atoms with van der Waals surface area (Å²) < 4.78 is 0. The molecule has 2 nitrogen and oxygen atoms in total. The van der Waals surface area contributed by atoms with Gasteiger partial charge in [-0.2, -0.15) is 5.26 Å². The molecule has 1 N–H and O–H groups in total. The van der Waals surface area contributed by atoms with Crippen molar-refractivity contribution in [2.75, 3.05) is 6.61 Å². The van der Waals surface area contributed by atoms with Crippen LogP contribution in [0.15, 0.2) is 60.7 Å². The Morgan fingerprint density at radius 3 is 1.74 bits per heavy atom. The van der Waals surface area contributed by atoms with Crippen molar-refractivity contribution >= 4 is 0 Å². The Hall–Kier alpha value is -2.11. The van der Waals surface area contributed by atoms with E-state index < -0.39 is 5.41 Å². The van der Waals surface area contributed by atoms with Gasteiger partial charge < -0.3 is 5.11 Å². The van der Waals surface area contributed by atoms with Crippen molar-refractivity contribution in [2.45, 2.75) is 12.3 Å². The van der Waals surface area contributed by atoms with Gasteiger partial charge in [0.05, 0.1) is 6.07 Å². The first-order valence-corrected chi connectivity index (χ1v) is 6.39. The van der Waals surface area contributed by atoms with Crippen LogP contribution in [-0.4, -0.2) is 11.7 Å². The minimum Gasteiger partial charge on any atom is -0.396 e. The molecule has 0 saturated carbocycles. The second-order valence-corrected chi connectivity index (χ2v) is 4.74. The maximum atomic E-state index is 9.82. The number of nitriles is 1. The quantitative estimate of drug-likeness (QED) is 0.907. The number of nitrogens with zero attached hydrogens (tertiary/aromatic N) is 1. The number of hydrogen-bond acceptors (Lipinski definition) is 2. The second kappa shape index (κ2) is 5.69. The van der Waals surface area contributed by atoms with Gasteiger partial charge in [-0.25, -0.2) is 0 Å². The van der Waals surface area contributed by atoms with Gasteiger partial charge in [0.2, 0.25) is 0 Å². The van der Waals surface area contributed by atoms with Crippen LogP contribution in [0.4, 0.5) is 0 Å². The van der Waals surface area contributed by atoms with E-state index in [1.165, 1.54) is 0 Å². The Kier molecular flexibility index (Phi) is 3.99. The number of aliphatic hydroxyl groups is 1. The van der Waals surface area contributed by atoms with Gasteiger partial charge in [-0.15, -0.1) is 0 Å². The van der Waals surface area contributed by atoms with E-state index in [2.05, 4.69) is 6.07 Å². The summed E-state index contributed by atoms with van der Waals surface area (Å²) in [6.07, 6.45) is 0. The summed E-state index contributed by atoms with van der Waals surface area (Å²) in [5, 5.41) is 19.4. The van der Waals surface area contributed by atoms with E-state index in [1.807, 2.05) is 67.6 Å². The van der Waals surface area contributed by atoms with Crippen LogP contribution in [0.25, 0.3) is 0 Å². The molecule has 0 bridgehead atoms. The molecule has 0 radical (unpaired) electrons. The number of hydrogen-bond donors (Lipinski definition) is 1. The summed E-state index contributed by atoms with van der Waals surface area (Å²) in [4.78, 5) is 0. The highest BCUT2D eigenvalue weighted by Gasteiger charge is 2.39. The fraction of sp³-hybridized carbons (Fsp3) is 0.235. The summed E-state index contributed by atoms with van der Waals surface area (Å²) in [6, 6.07) is 21.8. The fourth-order valence-corrected chi connectivity index (χ4v) is 2.51. The lowest BCUT2D eigenvalue weighted by Gasteiger charge is -2.33. The molecule has 0 spiro atoms. The Balaban J connectivity index is 2.67. The Morgan fingerprint density at radius 1 is 1.00 bits per heavy atom. The number of benzene rings is 2. The summed E-state index contributed by atoms with van der Waals surface area (Å²) in [5.74, 6) is -0.178. The van der Waals surface area contributed by atoms with Crippen molar-refractivity contribution in [1.29, 1.82) is 5.26 Å². The summed E-state index contributed by atoms with van der Waals surface area (Å²) >= 11 is 0. The Labute approximate surface area is 114 Å². The summed E-state index contributed by atoms with van der Waals surface area (Å²) in [5.41, 5.74) is 1.03. The van der Waals surface area contributed by atoms with Gasteiger partial charge in [-0.3, -0.25) is 0 Å². The molecule has 1 unspecified atom stereocenters. The molecule has 0 aromatic heterocycles. The lowest BCUT2D eigenvalue weighted by molar-refractivity contribution is 0.205. The highest BCUT2D eigenvalue weighted by atomic mass is 16.3. The van der Waals surface area contributed by atoms with Crippen LogP contribution >= 0.6 is 0 Å². The van der Waals surface area contributed by atoms with Crippen molar-refractivity contribution in [3.63, 3.8) is 0 Å². The van der Waals surface area contributed by atoms with Crippen LogP contribution in [-0.2, 0) is 5.41 Å². The van der Waals surface area contributed by atoms with E-state index in [-0.39, 0.29) is 12.5 Å². The lowest BCUT2D eigenvalue weighted by atomic mass is 9.67. The first-order valence-electron chi connectivity index (χ1n) is 6.39. The zero-order chi connectivity index (χ0) is 13.7. The molecule has 2 aromatic rings. The normalized spacial score (nSPS) is 12.7. The van der Waals surface area contributed by atoms with Gasteiger partial charge in [0, 0.05) is 12.5 Å². The first kappa shape index (κ1) is 13.3. The van der Waals surface area contributed by atoms with E-state index in [4.69, 9.17) is 0 Å². The molecule has 19 heavy (non-hydrogen) atoms. The van der Waals surface area contributed by atoms with Crippen LogP contribution in [0.3, 0.4) is 0 Å². The van der Waals surface area contributed by atoms with Gasteiger partial charge in [-0.05, 0) is 11.1 Å². The molecule has 0 aliphatic rings. The van der Waals surface area contributed by atoms with Crippen LogP contribution in [0, 0.1) is 17.2 Å². The first-order chi connectivity index (χ1) is 9.25. The van der Waals surface area contributed by atoms with Crippen molar-refractivity contribution in [3.05, 3.63) is 71.8 Å². The molecule has 2 aromatic carbocycles. The van der Waals surface area contributed by atoms with E-state index >= 15 is 0 Å². The highest BCUT2D eigenvalue weighted by molar-refractivity contribution is 5.46. The molecule has 0 amide bonds. The largest absolute Gasteiger partial charge is 0.396 e. The van der Waals surface area contributed by atoms with Crippen molar-refractivity contribution in [1.82, 2.24) is 0 Å². The average molecular weight is 251 g/mol. The molecular formula is C17H17NO. The predicted octanol–water partition coefficient (Wildman–Crippen LogP) is 3.12. The van der Waals surface area contributed by atoms with E-state index in [0.717, 1.165) is 11.1 Å². The summed E-state index contributed by atoms with van der Waals surface area (Å²) in [6.45, 7) is 1.88. The Bertz CT molecular complexity index is 517. The third-order valence-corrected chi connectivity index (χ3v) is 3.65. The third-order valence-electron chi connectivity index (χ3n) is 3.65. The minimum atomic E-state index is -0.808. The predicted molar refractivity (Wildman–Crippen MR) is 75.5 cm³/mol. The molecule has 2 rings (SSSR count). The minimum absolute atomic E-state index is 0.0304. The van der Waals surface area contributed by atoms with Gasteiger partial charge in [0.1, 0.15) is 5.41 Å². The lowest BCUT2D eigenvalue weighted by Crippen LogP contribution is -2.35. The monoisotopic (exact) mass is 251 g/mol. The van der Waals surface area contributed by atoms with Gasteiger partial charge in [0.15, 0.2) is 0 Å². The SMILES string of the molecule is CC(CO)C(C#N)(c1ccccc1)c1ccccc1. The number of aliphatic hydroxyl groups excluding tert-OH is 1. The molecule has 0 heterocycles. The Morgan fingerprint density at radius 2 is 1.42 bits per heavy atom. The molecular weight excluding hydrogens is 234 g/mol. The van der Waals surface area contributed by atoms with Crippen LogP contribution < -0.4 is 0 Å². The molecule has 1 atom stereocenters. The van der Waals surface area contributed by atoms with Gasteiger partial charge in [0.25, 0.3) is 0 Å². The van der Waals surface area contributed by atoms with Gasteiger partial charge in [-0.1, -0.05) is 67.6 Å². The van der Waals surface area contributed by atoms with Gasteiger partial charge >= 0.3 is 0 Å². The molecule has 0 saturated heterocycles. The van der Waals surface area contributed by atoms with E-state index in [1.54, 1.807) is 0 Å². The van der Waals surface area contributed by atoms with E-state index in [0.29, 0.717) is 0 Å². The van der Waals surface area contributed by atoms with Crippen molar-refractivity contribution in [3.8, 4) is 6.07 Å². The van der Waals surface area contributed by atoms with Crippen molar-refractivity contribution in [2.24, 2.45) is 5.92 Å². The van der Waals surface area contributed by atoms with Crippen LogP contribution in [0.1, 0.15) is 18.1 Å². The molecule has 2 heteroatoms. The van der Waals surface area contributed by atoms with Crippen molar-refractivity contribution < 1.29 is 5.11 Å². The second-order valence-electron chi connectivity index (χ2n) is 4.74. The number of rotatable bonds is 4. The average Bonchev–Trinajstić information content (AvgIpc) is 2.50. The standard InChI is InChI=1S/C17H17NO/c1-14(12-19)17(13-18,15-8-4-2-5-9-15)16-10-6-3-7-11-16/h2-11,14,19H,12H2,1H3. The van der Waals surface area contributed by atoms with E-state index in [9.17, 15) is 10.4 Å².